The lowest BCUT2D eigenvalue weighted by atomic mass is 9.78. The molecule has 0 spiro atoms. The van der Waals surface area contributed by atoms with Gasteiger partial charge in [-0.3, -0.25) is 0 Å². The van der Waals surface area contributed by atoms with Crippen molar-refractivity contribution in [3.8, 4) is 0 Å². The van der Waals surface area contributed by atoms with Crippen LogP contribution in [0.1, 0.15) is 38.7 Å². The second-order valence-corrected chi connectivity index (χ2v) is 6.42. The van der Waals surface area contributed by atoms with Crippen molar-refractivity contribution in [1.82, 2.24) is 0 Å². The minimum Gasteiger partial charge on any atom is -0.389 e. The molecular formula is C15H21ClN2S. The summed E-state index contributed by atoms with van der Waals surface area (Å²) in [6.07, 6.45) is 3.82. The van der Waals surface area contributed by atoms with Crippen LogP contribution in [0.15, 0.2) is 18.2 Å². The van der Waals surface area contributed by atoms with E-state index >= 15 is 0 Å². The van der Waals surface area contributed by atoms with Gasteiger partial charge in [0.25, 0.3) is 0 Å². The molecule has 1 fully saturated rings. The highest BCUT2D eigenvalue weighted by Gasteiger charge is 2.27. The van der Waals surface area contributed by atoms with Crippen molar-refractivity contribution in [1.29, 1.82) is 0 Å². The van der Waals surface area contributed by atoms with Crippen LogP contribution in [-0.4, -0.2) is 11.0 Å². The van der Waals surface area contributed by atoms with Gasteiger partial charge in [-0.15, -0.1) is 0 Å². The van der Waals surface area contributed by atoms with Crippen molar-refractivity contribution in [3.63, 3.8) is 0 Å². The summed E-state index contributed by atoms with van der Waals surface area (Å²) < 4.78 is 0. The van der Waals surface area contributed by atoms with Gasteiger partial charge in [0.15, 0.2) is 0 Å². The average Bonchev–Trinajstić information content (AvgIpc) is 2.37. The van der Waals surface area contributed by atoms with E-state index in [9.17, 15) is 0 Å². The molecule has 3 N–H and O–H groups in total. The molecule has 2 rings (SSSR count). The van der Waals surface area contributed by atoms with E-state index in [1.807, 2.05) is 18.2 Å². The molecular weight excluding hydrogens is 276 g/mol. The van der Waals surface area contributed by atoms with Gasteiger partial charge in [0.05, 0.1) is 10.7 Å². The molecule has 1 aromatic rings. The Kier molecular flexibility index (Phi) is 4.69. The van der Waals surface area contributed by atoms with Crippen LogP contribution in [0.3, 0.4) is 0 Å². The van der Waals surface area contributed by atoms with Crippen LogP contribution < -0.4 is 11.1 Å². The molecule has 3 unspecified atom stereocenters. The molecule has 1 saturated carbocycles. The number of nitrogens with one attached hydrogen (secondary N) is 1. The van der Waals surface area contributed by atoms with Crippen LogP contribution in [-0.2, 0) is 0 Å². The number of thiocarbonyl (C=S) groups is 1. The number of benzene rings is 1. The van der Waals surface area contributed by atoms with E-state index in [2.05, 4.69) is 19.2 Å². The normalized spacial score (nSPS) is 27.0. The number of halogens is 1. The predicted molar refractivity (Wildman–Crippen MR) is 86.9 cm³/mol. The molecule has 0 aliphatic heterocycles. The van der Waals surface area contributed by atoms with Gasteiger partial charge in [-0.05, 0) is 36.5 Å². The Morgan fingerprint density at radius 1 is 1.37 bits per heavy atom. The molecule has 19 heavy (non-hydrogen) atoms. The Hall–Kier alpha value is -0.800. The van der Waals surface area contributed by atoms with Gasteiger partial charge in [0, 0.05) is 11.6 Å². The van der Waals surface area contributed by atoms with Gasteiger partial charge in [-0.1, -0.05) is 50.5 Å². The maximum Gasteiger partial charge on any atom is 0.104 e. The maximum atomic E-state index is 6.30. The van der Waals surface area contributed by atoms with Crippen LogP contribution in [0, 0.1) is 11.8 Å². The highest BCUT2D eigenvalue weighted by molar-refractivity contribution is 7.80. The van der Waals surface area contributed by atoms with Crippen molar-refractivity contribution in [2.75, 3.05) is 5.32 Å². The number of anilines is 1. The molecule has 0 aromatic heterocycles. The monoisotopic (exact) mass is 296 g/mol. The zero-order chi connectivity index (χ0) is 14.0. The molecule has 0 amide bonds. The second kappa shape index (κ2) is 6.10. The fourth-order valence-electron chi connectivity index (χ4n) is 2.77. The summed E-state index contributed by atoms with van der Waals surface area (Å²) in [5.41, 5.74) is 7.40. The fraction of sp³-hybridized carbons (Fsp3) is 0.533. The molecule has 4 heteroatoms. The standard InChI is InChI=1S/C15H21ClN2S/c1-9-4-3-5-13(10(9)2)18-14-7-6-11(15(17)19)8-12(14)16/h6-10,13,18H,3-5H2,1-2H3,(H2,17,19). The zero-order valence-corrected chi connectivity index (χ0v) is 13.0. The third-order valence-electron chi connectivity index (χ3n) is 4.30. The summed E-state index contributed by atoms with van der Waals surface area (Å²) in [5, 5.41) is 4.27. The first-order valence-corrected chi connectivity index (χ1v) is 7.63. The van der Waals surface area contributed by atoms with Gasteiger partial charge in [-0.25, -0.2) is 0 Å². The molecule has 0 saturated heterocycles. The predicted octanol–water partition coefficient (Wildman–Crippen LogP) is 4.21. The fourth-order valence-corrected chi connectivity index (χ4v) is 3.13. The molecule has 104 valence electrons. The minimum absolute atomic E-state index is 0.383. The summed E-state index contributed by atoms with van der Waals surface area (Å²) in [4.78, 5) is 0.383. The van der Waals surface area contributed by atoms with E-state index in [-0.39, 0.29) is 0 Å². The third-order valence-corrected chi connectivity index (χ3v) is 4.85. The van der Waals surface area contributed by atoms with E-state index in [0.29, 0.717) is 22.0 Å². The van der Waals surface area contributed by atoms with Gasteiger partial charge < -0.3 is 11.1 Å². The van der Waals surface area contributed by atoms with Crippen molar-refractivity contribution in [3.05, 3.63) is 28.8 Å². The Bertz CT molecular complexity index is 475. The second-order valence-electron chi connectivity index (χ2n) is 5.58. The van der Waals surface area contributed by atoms with Crippen LogP contribution in [0.5, 0.6) is 0 Å². The number of nitrogens with two attached hydrogens (primary N) is 1. The number of rotatable bonds is 3. The molecule has 2 nitrogen and oxygen atoms in total. The van der Waals surface area contributed by atoms with Crippen molar-refractivity contribution < 1.29 is 0 Å². The molecule has 1 aliphatic carbocycles. The summed E-state index contributed by atoms with van der Waals surface area (Å²) in [6, 6.07) is 6.23. The highest BCUT2D eigenvalue weighted by Crippen LogP contribution is 2.33. The molecule has 0 bridgehead atoms. The minimum atomic E-state index is 0.383. The van der Waals surface area contributed by atoms with Crippen LogP contribution in [0.25, 0.3) is 0 Å². The lowest BCUT2D eigenvalue weighted by Gasteiger charge is -2.35. The molecule has 1 aliphatic rings. The van der Waals surface area contributed by atoms with E-state index in [1.54, 1.807) is 0 Å². The van der Waals surface area contributed by atoms with Crippen molar-refractivity contribution >= 4 is 34.5 Å². The van der Waals surface area contributed by atoms with Crippen LogP contribution >= 0.6 is 23.8 Å². The van der Waals surface area contributed by atoms with E-state index < -0.39 is 0 Å². The Labute approximate surface area is 125 Å². The largest absolute Gasteiger partial charge is 0.389 e. The van der Waals surface area contributed by atoms with Crippen LogP contribution in [0.4, 0.5) is 5.69 Å². The van der Waals surface area contributed by atoms with E-state index in [1.165, 1.54) is 19.3 Å². The molecule has 0 heterocycles. The van der Waals surface area contributed by atoms with Gasteiger partial charge in [0.2, 0.25) is 0 Å². The molecule has 1 aromatic carbocycles. The summed E-state index contributed by atoms with van der Waals surface area (Å²) in [7, 11) is 0. The summed E-state index contributed by atoms with van der Waals surface area (Å²) in [5.74, 6) is 1.43. The maximum absolute atomic E-state index is 6.30. The van der Waals surface area contributed by atoms with Gasteiger partial charge in [-0.2, -0.15) is 0 Å². The first kappa shape index (κ1) is 14.6. The molecule has 0 radical (unpaired) electrons. The van der Waals surface area contributed by atoms with E-state index in [4.69, 9.17) is 29.6 Å². The highest BCUT2D eigenvalue weighted by atomic mass is 35.5. The lowest BCUT2D eigenvalue weighted by molar-refractivity contribution is 0.253. The summed E-state index contributed by atoms with van der Waals surface area (Å²) >= 11 is 11.3. The molecule has 3 atom stereocenters. The van der Waals surface area contributed by atoms with Crippen LogP contribution in [0.2, 0.25) is 5.02 Å². The Morgan fingerprint density at radius 3 is 2.74 bits per heavy atom. The average molecular weight is 297 g/mol. The van der Waals surface area contributed by atoms with Gasteiger partial charge >= 0.3 is 0 Å². The number of hydrogen-bond acceptors (Lipinski definition) is 2. The topological polar surface area (TPSA) is 38.0 Å². The Morgan fingerprint density at radius 2 is 2.11 bits per heavy atom. The third kappa shape index (κ3) is 3.40. The lowest BCUT2D eigenvalue weighted by Crippen LogP contribution is -2.35. The SMILES string of the molecule is CC1CCCC(Nc2ccc(C(N)=S)cc2Cl)C1C. The smallest absolute Gasteiger partial charge is 0.104 e. The van der Waals surface area contributed by atoms with Crippen molar-refractivity contribution in [2.45, 2.75) is 39.2 Å². The quantitative estimate of drug-likeness (QED) is 0.821. The van der Waals surface area contributed by atoms with Crippen molar-refractivity contribution in [2.24, 2.45) is 17.6 Å². The number of hydrogen-bond donors (Lipinski definition) is 2. The van der Waals surface area contributed by atoms with E-state index in [0.717, 1.165) is 17.2 Å². The first-order valence-electron chi connectivity index (χ1n) is 6.85. The van der Waals surface area contributed by atoms with Gasteiger partial charge in [0.1, 0.15) is 4.99 Å². The Balaban J connectivity index is 2.12. The first-order chi connectivity index (χ1) is 8.99. The zero-order valence-electron chi connectivity index (χ0n) is 11.4. The summed E-state index contributed by atoms with van der Waals surface area (Å²) in [6.45, 7) is 4.65.